The molecule has 0 bridgehead atoms. The minimum atomic E-state index is -0.647. The van der Waals surface area contributed by atoms with E-state index in [-0.39, 0.29) is 23.1 Å². The third-order valence-electron chi connectivity index (χ3n) is 4.38. The lowest BCUT2D eigenvalue weighted by Crippen LogP contribution is -2.19. The molecule has 0 aliphatic rings. The van der Waals surface area contributed by atoms with Gasteiger partial charge in [0.2, 0.25) is 11.6 Å². The number of amides is 1. The molecule has 0 unspecified atom stereocenters. The number of benzene rings is 2. The molecule has 0 aliphatic heterocycles. The summed E-state index contributed by atoms with van der Waals surface area (Å²) >= 11 is 3.31. The van der Waals surface area contributed by atoms with Crippen LogP contribution in [0.3, 0.4) is 0 Å². The average Bonchev–Trinajstić information content (AvgIpc) is 3.43. The number of nitrogens with one attached hydrogen (secondary N) is 1. The molecule has 0 aliphatic carbocycles. The lowest BCUT2D eigenvalue weighted by molar-refractivity contribution is 0.0950. The van der Waals surface area contributed by atoms with Crippen LogP contribution >= 0.6 is 15.9 Å². The van der Waals surface area contributed by atoms with Gasteiger partial charge in [-0.05, 0) is 59.7 Å². The molecule has 4 aromatic rings. The van der Waals surface area contributed by atoms with Crippen LogP contribution in [-0.2, 0) is 0 Å². The van der Waals surface area contributed by atoms with Crippen molar-refractivity contribution in [3.63, 3.8) is 0 Å². The van der Waals surface area contributed by atoms with E-state index in [0.29, 0.717) is 29.2 Å². The molecule has 0 saturated carbocycles. The second-order valence-corrected chi connectivity index (χ2v) is 7.45. The molecule has 33 heavy (non-hydrogen) atoms. The van der Waals surface area contributed by atoms with Crippen molar-refractivity contribution >= 4 is 33.9 Å². The topological polar surface area (TPSA) is 167 Å². The fourth-order valence-electron chi connectivity index (χ4n) is 2.90. The van der Waals surface area contributed by atoms with Crippen molar-refractivity contribution in [2.45, 2.75) is 6.92 Å². The van der Waals surface area contributed by atoms with Gasteiger partial charge in [-0.15, -0.1) is 5.10 Å². The summed E-state index contributed by atoms with van der Waals surface area (Å²) in [6, 6.07) is 11.8. The first kappa shape index (κ1) is 22.0. The summed E-state index contributed by atoms with van der Waals surface area (Å²) in [5.41, 5.74) is 9.43. The average molecular weight is 513 g/mol. The van der Waals surface area contributed by atoms with Crippen LogP contribution in [0.15, 0.2) is 56.7 Å². The fraction of sp³-hybridized carbons (Fsp3) is 0.100. The second kappa shape index (κ2) is 9.48. The van der Waals surface area contributed by atoms with Crippen LogP contribution in [0.1, 0.15) is 23.0 Å². The standard InChI is InChI=1S/C20H17BrN8O4/c1-2-32-14-6-3-11(4-7-14)17-16(24-28-29(17)19-18(22)26-33-27-19)20(31)25-23-10-12-9-13(21)5-8-15(12)30/h3-10,30H,2H2,1H3,(H2,22,26)(H,25,31)/b23-10+. The molecule has 0 fully saturated rings. The van der Waals surface area contributed by atoms with Crippen molar-refractivity contribution in [1.82, 2.24) is 30.7 Å². The number of carbonyl (C=O) groups is 1. The van der Waals surface area contributed by atoms with Gasteiger partial charge in [-0.1, -0.05) is 21.1 Å². The Kier molecular flexibility index (Phi) is 6.31. The highest BCUT2D eigenvalue weighted by Gasteiger charge is 2.25. The van der Waals surface area contributed by atoms with E-state index in [4.69, 9.17) is 10.5 Å². The molecular weight excluding hydrogens is 496 g/mol. The zero-order valence-corrected chi connectivity index (χ0v) is 18.7. The number of phenols is 1. The Morgan fingerprint density at radius 1 is 1.30 bits per heavy atom. The number of hydrazone groups is 1. The lowest BCUT2D eigenvalue weighted by atomic mass is 10.1. The van der Waals surface area contributed by atoms with Crippen LogP contribution in [0.25, 0.3) is 17.1 Å². The number of hydrogen-bond donors (Lipinski definition) is 3. The molecule has 12 nitrogen and oxygen atoms in total. The first-order chi connectivity index (χ1) is 16.0. The highest BCUT2D eigenvalue weighted by atomic mass is 79.9. The molecule has 0 radical (unpaired) electrons. The SMILES string of the molecule is CCOc1ccc(-c2c(C(=O)N/N=C/c3cc(Br)ccc3O)nnn2-c2nonc2N)cc1. The van der Waals surface area contributed by atoms with Gasteiger partial charge in [0.05, 0.1) is 12.8 Å². The third-order valence-corrected chi connectivity index (χ3v) is 4.87. The van der Waals surface area contributed by atoms with Gasteiger partial charge in [0.25, 0.3) is 5.91 Å². The Balaban J connectivity index is 1.68. The van der Waals surface area contributed by atoms with Crippen molar-refractivity contribution in [1.29, 1.82) is 0 Å². The molecule has 2 aromatic carbocycles. The third kappa shape index (κ3) is 4.67. The Hall–Kier alpha value is -4.26. The summed E-state index contributed by atoms with van der Waals surface area (Å²) in [7, 11) is 0. The summed E-state index contributed by atoms with van der Waals surface area (Å²) in [6.07, 6.45) is 1.30. The monoisotopic (exact) mass is 512 g/mol. The fourth-order valence-corrected chi connectivity index (χ4v) is 3.28. The van der Waals surface area contributed by atoms with Gasteiger partial charge in [0, 0.05) is 15.6 Å². The number of halogens is 1. The Morgan fingerprint density at radius 3 is 2.79 bits per heavy atom. The van der Waals surface area contributed by atoms with E-state index >= 15 is 0 Å². The van der Waals surface area contributed by atoms with E-state index in [9.17, 15) is 9.90 Å². The maximum Gasteiger partial charge on any atom is 0.294 e. The number of nitrogen functional groups attached to an aromatic ring is 1. The molecule has 0 spiro atoms. The first-order valence-electron chi connectivity index (χ1n) is 9.57. The maximum absolute atomic E-state index is 12.9. The van der Waals surface area contributed by atoms with Gasteiger partial charge in [-0.2, -0.15) is 9.78 Å². The highest BCUT2D eigenvalue weighted by Crippen LogP contribution is 2.28. The Bertz CT molecular complexity index is 1320. The quantitative estimate of drug-likeness (QED) is 0.249. The molecule has 2 aromatic heterocycles. The number of anilines is 1. The molecule has 4 N–H and O–H groups in total. The molecule has 0 atom stereocenters. The van der Waals surface area contributed by atoms with E-state index in [1.165, 1.54) is 17.0 Å². The first-order valence-corrected chi connectivity index (χ1v) is 10.4. The van der Waals surface area contributed by atoms with E-state index in [1.54, 1.807) is 36.4 Å². The smallest absolute Gasteiger partial charge is 0.294 e. The maximum atomic E-state index is 12.9. The lowest BCUT2D eigenvalue weighted by Gasteiger charge is -2.07. The molecule has 1 amide bonds. The summed E-state index contributed by atoms with van der Waals surface area (Å²) in [5.74, 6) is 0.0691. The van der Waals surface area contributed by atoms with Crippen LogP contribution in [0.2, 0.25) is 0 Å². The van der Waals surface area contributed by atoms with Crippen molar-refractivity contribution in [2.75, 3.05) is 12.3 Å². The van der Waals surface area contributed by atoms with E-state index in [1.807, 2.05) is 6.92 Å². The van der Waals surface area contributed by atoms with Gasteiger partial charge < -0.3 is 15.6 Å². The number of rotatable bonds is 7. The van der Waals surface area contributed by atoms with Crippen LogP contribution in [-0.4, -0.2) is 49.1 Å². The normalized spacial score (nSPS) is 11.1. The van der Waals surface area contributed by atoms with Crippen molar-refractivity contribution in [3.05, 3.63) is 58.2 Å². The zero-order valence-electron chi connectivity index (χ0n) is 17.1. The number of nitrogens with two attached hydrogens (primary N) is 1. The number of aromatic nitrogens is 5. The molecule has 4 rings (SSSR count). The van der Waals surface area contributed by atoms with Crippen LogP contribution in [0, 0.1) is 0 Å². The van der Waals surface area contributed by atoms with Gasteiger partial charge in [-0.3, -0.25) is 4.79 Å². The predicted octanol–water partition coefficient (Wildman–Crippen LogP) is 2.53. The number of phenolic OH excluding ortho intramolecular Hbond substituents is 1. The van der Waals surface area contributed by atoms with E-state index < -0.39 is 5.91 Å². The summed E-state index contributed by atoms with van der Waals surface area (Å²) in [5, 5.41) is 29.1. The second-order valence-electron chi connectivity index (χ2n) is 6.53. The predicted molar refractivity (Wildman–Crippen MR) is 121 cm³/mol. The Morgan fingerprint density at radius 2 is 2.09 bits per heavy atom. The van der Waals surface area contributed by atoms with Crippen LogP contribution in [0.4, 0.5) is 5.82 Å². The van der Waals surface area contributed by atoms with Crippen molar-refractivity contribution in [2.24, 2.45) is 5.10 Å². The number of hydrogen-bond acceptors (Lipinski definition) is 10. The highest BCUT2D eigenvalue weighted by molar-refractivity contribution is 9.10. The summed E-state index contributed by atoms with van der Waals surface area (Å²) in [6.45, 7) is 2.39. The zero-order chi connectivity index (χ0) is 23.4. The minimum Gasteiger partial charge on any atom is -0.507 e. The minimum absolute atomic E-state index is 0.00577. The molecular formula is C20H17BrN8O4. The number of nitrogens with zero attached hydrogens (tertiary/aromatic N) is 6. The summed E-state index contributed by atoms with van der Waals surface area (Å²) in [4.78, 5) is 12.9. The Labute approximate surface area is 195 Å². The van der Waals surface area contributed by atoms with Gasteiger partial charge in [0.1, 0.15) is 17.2 Å². The molecule has 168 valence electrons. The van der Waals surface area contributed by atoms with Gasteiger partial charge in [0.15, 0.2) is 5.69 Å². The van der Waals surface area contributed by atoms with Crippen LogP contribution in [0.5, 0.6) is 11.5 Å². The summed E-state index contributed by atoms with van der Waals surface area (Å²) < 4.78 is 12.1. The number of ether oxygens (including phenoxy) is 1. The van der Waals surface area contributed by atoms with E-state index in [2.05, 4.69) is 51.7 Å². The van der Waals surface area contributed by atoms with Crippen LogP contribution < -0.4 is 15.9 Å². The van der Waals surface area contributed by atoms with E-state index in [0.717, 1.165) is 4.47 Å². The largest absolute Gasteiger partial charge is 0.507 e. The molecule has 2 heterocycles. The number of aromatic hydroxyl groups is 1. The molecule has 13 heteroatoms. The molecule has 0 saturated heterocycles. The van der Waals surface area contributed by atoms with Gasteiger partial charge in [-0.25, -0.2) is 10.1 Å². The number of carbonyl (C=O) groups excluding carboxylic acids is 1. The van der Waals surface area contributed by atoms with Gasteiger partial charge >= 0.3 is 0 Å². The van der Waals surface area contributed by atoms with Crippen molar-refractivity contribution < 1.29 is 19.3 Å². The van der Waals surface area contributed by atoms with Crippen molar-refractivity contribution in [3.8, 4) is 28.6 Å².